The third kappa shape index (κ3) is 6.97. The molecule has 0 aliphatic carbocycles. The molecule has 0 radical (unpaired) electrons. The minimum absolute atomic E-state index is 0.161. The van der Waals surface area contributed by atoms with Gasteiger partial charge in [-0.05, 0) is 12.8 Å². The third-order valence-electron chi connectivity index (χ3n) is 3.07. The molecular formula is C14H29NO3. The van der Waals surface area contributed by atoms with Crippen LogP contribution < -0.4 is 0 Å². The summed E-state index contributed by atoms with van der Waals surface area (Å²) in [5.41, 5.74) is 0. The lowest BCUT2D eigenvalue weighted by Crippen LogP contribution is -2.40. The molecular weight excluding hydrogens is 230 g/mol. The Morgan fingerprint density at radius 3 is 1.78 bits per heavy atom. The number of carbonyl (C=O) groups excluding carboxylic acids is 1. The van der Waals surface area contributed by atoms with E-state index in [-0.39, 0.29) is 11.8 Å². The second-order valence-electron chi connectivity index (χ2n) is 4.59. The molecule has 0 spiro atoms. The van der Waals surface area contributed by atoms with Crippen molar-refractivity contribution >= 4 is 5.91 Å². The van der Waals surface area contributed by atoms with Crippen LogP contribution in [0.1, 0.15) is 39.5 Å². The summed E-state index contributed by atoms with van der Waals surface area (Å²) in [5.74, 6) is 0.418. The first-order valence-electron chi connectivity index (χ1n) is 6.97. The average molecular weight is 259 g/mol. The van der Waals surface area contributed by atoms with Crippen LogP contribution in [-0.4, -0.2) is 51.3 Å². The van der Waals surface area contributed by atoms with Crippen molar-refractivity contribution < 1.29 is 14.3 Å². The maximum absolute atomic E-state index is 12.4. The highest BCUT2D eigenvalue weighted by molar-refractivity contribution is 5.78. The summed E-state index contributed by atoms with van der Waals surface area (Å²) in [4.78, 5) is 14.3. The quantitative estimate of drug-likeness (QED) is 0.571. The first-order chi connectivity index (χ1) is 8.71. The molecule has 0 rings (SSSR count). The van der Waals surface area contributed by atoms with Gasteiger partial charge in [0.2, 0.25) is 5.91 Å². The largest absolute Gasteiger partial charge is 0.383 e. The fraction of sp³-hybridized carbons (Fsp3) is 0.929. The summed E-state index contributed by atoms with van der Waals surface area (Å²) >= 11 is 0. The van der Waals surface area contributed by atoms with Crippen LogP contribution in [-0.2, 0) is 14.3 Å². The smallest absolute Gasteiger partial charge is 0.225 e. The maximum atomic E-state index is 12.4. The Hall–Kier alpha value is -0.610. The highest BCUT2D eigenvalue weighted by atomic mass is 16.5. The Morgan fingerprint density at radius 1 is 1.00 bits per heavy atom. The van der Waals surface area contributed by atoms with E-state index in [9.17, 15) is 4.79 Å². The number of hydrogen-bond donors (Lipinski definition) is 0. The number of ether oxygens (including phenoxy) is 2. The van der Waals surface area contributed by atoms with E-state index in [0.717, 1.165) is 25.7 Å². The van der Waals surface area contributed by atoms with Crippen LogP contribution in [0.3, 0.4) is 0 Å². The SMILES string of the molecule is CCCC(CCC)C(=O)N(CCOC)CCOC. The van der Waals surface area contributed by atoms with Gasteiger partial charge in [-0.2, -0.15) is 0 Å². The zero-order chi connectivity index (χ0) is 13.8. The van der Waals surface area contributed by atoms with E-state index in [1.807, 2.05) is 4.90 Å². The topological polar surface area (TPSA) is 38.8 Å². The van der Waals surface area contributed by atoms with Crippen LogP contribution >= 0.6 is 0 Å². The van der Waals surface area contributed by atoms with Crippen LogP contribution in [0, 0.1) is 5.92 Å². The Morgan fingerprint density at radius 2 is 1.44 bits per heavy atom. The van der Waals surface area contributed by atoms with Gasteiger partial charge in [0.15, 0.2) is 0 Å². The van der Waals surface area contributed by atoms with Crippen molar-refractivity contribution in [1.82, 2.24) is 4.90 Å². The number of nitrogens with zero attached hydrogens (tertiary/aromatic N) is 1. The molecule has 0 aromatic heterocycles. The summed E-state index contributed by atoms with van der Waals surface area (Å²) in [7, 11) is 3.32. The molecule has 4 heteroatoms. The lowest BCUT2D eigenvalue weighted by atomic mass is 9.96. The standard InChI is InChI=1S/C14H29NO3/c1-5-7-13(8-6-2)14(16)15(9-11-17-3)10-12-18-4/h13H,5-12H2,1-4H3. The molecule has 0 aliphatic heterocycles. The van der Waals surface area contributed by atoms with Gasteiger partial charge in [0.05, 0.1) is 13.2 Å². The molecule has 0 heterocycles. The van der Waals surface area contributed by atoms with Crippen LogP contribution in [0.4, 0.5) is 0 Å². The fourth-order valence-electron chi connectivity index (χ4n) is 2.08. The van der Waals surface area contributed by atoms with Gasteiger partial charge in [0.1, 0.15) is 0 Å². The Balaban J connectivity index is 4.45. The Kier molecular flexibility index (Phi) is 11.1. The molecule has 0 aromatic rings. The third-order valence-corrected chi connectivity index (χ3v) is 3.07. The summed E-state index contributed by atoms with van der Waals surface area (Å²) in [5, 5.41) is 0. The van der Waals surface area contributed by atoms with Gasteiger partial charge >= 0.3 is 0 Å². The minimum atomic E-state index is 0.161. The first-order valence-corrected chi connectivity index (χ1v) is 6.97. The zero-order valence-electron chi connectivity index (χ0n) is 12.4. The van der Waals surface area contributed by atoms with E-state index in [1.165, 1.54) is 0 Å². The van der Waals surface area contributed by atoms with Crippen molar-refractivity contribution in [2.75, 3.05) is 40.5 Å². The summed E-state index contributed by atoms with van der Waals surface area (Å²) in [6.07, 6.45) is 4.06. The predicted molar refractivity (Wildman–Crippen MR) is 73.6 cm³/mol. The molecule has 0 fully saturated rings. The van der Waals surface area contributed by atoms with Crippen LogP contribution in [0.25, 0.3) is 0 Å². The van der Waals surface area contributed by atoms with E-state index in [1.54, 1.807) is 14.2 Å². The molecule has 0 aromatic carbocycles. The molecule has 0 saturated heterocycles. The van der Waals surface area contributed by atoms with Crippen LogP contribution in [0.15, 0.2) is 0 Å². The molecule has 4 nitrogen and oxygen atoms in total. The van der Waals surface area contributed by atoms with Crippen molar-refractivity contribution in [2.45, 2.75) is 39.5 Å². The van der Waals surface area contributed by atoms with Gasteiger partial charge in [0.25, 0.3) is 0 Å². The number of carbonyl (C=O) groups is 1. The van der Waals surface area contributed by atoms with E-state index < -0.39 is 0 Å². The minimum Gasteiger partial charge on any atom is -0.383 e. The van der Waals surface area contributed by atoms with E-state index in [0.29, 0.717) is 26.3 Å². The fourth-order valence-corrected chi connectivity index (χ4v) is 2.08. The van der Waals surface area contributed by atoms with E-state index in [4.69, 9.17) is 9.47 Å². The van der Waals surface area contributed by atoms with Gasteiger partial charge in [-0.1, -0.05) is 26.7 Å². The Bertz CT molecular complexity index is 195. The monoisotopic (exact) mass is 259 g/mol. The Labute approximate surface area is 112 Å². The van der Waals surface area contributed by atoms with Gasteiger partial charge in [-0.15, -0.1) is 0 Å². The van der Waals surface area contributed by atoms with Crippen LogP contribution in [0.5, 0.6) is 0 Å². The highest BCUT2D eigenvalue weighted by Gasteiger charge is 2.22. The molecule has 0 bridgehead atoms. The van der Waals surface area contributed by atoms with Gasteiger partial charge in [-0.25, -0.2) is 0 Å². The summed E-state index contributed by atoms with van der Waals surface area (Å²) < 4.78 is 10.1. The predicted octanol–water partition coefficient (Wildman–Crippen LogP) is 2.32. The molecule has 0 atom stereocenters. The molecule has 1 amide bonds. The zero-order valence-corrected chi connectivity index (χ0v) is 12.4. The van der Waals surface area contributed by atoms with E-state index >= 15 is 0 Å². The van der Waals surface area contributed by atoms with Crippen molar-refractivity contribution in [2.24, 2.45) is 5.92 Å². The molecule has 108 valence electrons. The lowest BCUT2D eigenvalue weighted by molar-refractivity contribution is -0.137. The summed E-state index contributed by atoms with van der Waals surface area (Å²) in [6, 6.07) is 0. The number of amides is 1. The molecule has 0 N–H and O–H groups in total. The lowest BCUT2D eigenvalue weighted by Gasteiger charge is -2.27. The second-order valence-corrected chi connectivity index (χ2v) is 4.59. The molecule has 18 heavy (non-hydrogen) atoms. The van der Waals surface area contributed by atoms with E-state index in [2.05, 4.69) is 13.8 Å². The van der Waals surface area contributed by atoms with Crippen molar-refractivity contribution in [3.05, 3.63) is 0 Å². The number of methoxy groups -OCH3 is 2. The molecule has 0 unspecified atom stereocenters. The van der Waals surface area contributed by atoms with Crippen molar-refractivity contribution in [3.8, 4) is 0 Å². The molecule has 0 saturated carbocycles. The normalized spacial score (nSPS) is 10.9. The van der Waals surface area contributed by atoms with Crippen molar-refractivity contribution in [3.63, 3.8) is 0 Å². The summed E-state index contributed by atoms with van der Waals surface area (Å²) in [6.45, 7) is 6.74. The van der Waals surface area contributed by atoms with Gasteiger partial charge < -0.3 is 14.4 Å². The van der Waals surface area contributed by atoms with Gasteiger partial charge in [0, 0.05) is 33.2 Å². The second kappa shape index (κ2) is 11.5. The van der Waals surface area contributed by atoms with Crippen LogP contribution in [0.2, 0.25) is 0 Å². The maximum Gasteiger partial charge on any atom is 0.225 e. The number of rotatable bonds is 11. The number of hydrogen-bond acceptors (Lipinski definition) is 3. The van der Waals surface area contributed by atoms with Crippen molar-refractivity contribution in [1.29, 1.82) is 0 Å². The first kappa shape index (κ1) is 17.4. The van der Waals surface area contributed by atoms with Gasteiger partial charge in [-0.3, -0.25) is 4.79 Å². The molecule has 0 aliphatic rings. The highest BCUT2D eigenvalue weighted by Crippen LogP contribution is 2.16. The average Bonchev–Trinajstić information content (AvgIpc) is 2.38.